The van der Waals surface area contributed by atoms with Gasteiger partial charge >= 0.3 is 6.09 Å². The summed E-state index contributed by atoms with van der Waals surface area (Å²) < 4.78 is 10.2. The van der Waals surface area contributed by atoms with Crippen LogP contribution in [0.1, 0.15) is 20.8 Å². The van der Waals surface area contributed by atoms with Gasteiger partial charge in [-0.15, -0.1) is 0 Å². The van der Waals surface area contributed by atoms with Crippen LogP contribution in [0.3, 0.4) is 0 Å². The molecule has 20 heavy (non-hydrogen) atoms. The summed E-state index contributed by atoms with van der Waals surface area (Å²) in [6.45, 7) is 7.08. The highest BCUT2D eigenvalue weighted by molar-refractivity contribution is 5.78. The van der Waals surface area contributed by atoms with Crippen LogP contribution in [0.25, 0.3) is 0 Å². The number of amides is 2. The van der Waals surface area contributed by atoms with Crippen molar-refractivity contribution in [3.05, 3.63) is 0 Å². The number of rotatable bonds is 3. The van der Waals surface area contributed by atoms with Crippen molar-refractivity contribution in [2.45, 2.75) is 32.4 Å². The summed E-state index contributed by atoms with van der Waals surface area (Å²) in [6.07, 6.45) is -0.366. The first kappa shape index (κ1) is 16.7. The van der Waals surface area contributed by atoms with Crippen molar-refractivity contribution in [1.29, 1.82) is 0 Å². The number of hydrogen-bond donors (Lipinski definition) is 1. The highest BCUT2D eigenvalue weighted by Crippen LogP contribution is 2.14. The van der Waals surface area contributed by atoms with Crippen LogP contribution < -0.4 is 5.73 Å². The summed E-state index contributed by atoms with van der Waals surface area (Å²) >= 11 is 0. The second kappa shape index (κ2) is 6.90. The molecule has 1 aliphatic heterocycles. The molecular weight excluding hydrogens is 262 g/mol. The van der Waals surface area contributed by atoms with E-state index >= 15 is 0 Å². The maximum Gasteiger partial charge on any atom is 0.410 e. The summed E-state index contributed by atoms with van der Waals surface area (Å²) in [5.74, 6) is -0.105. The minimum atomic E-state index is -0.529. The van der Waals surface area contributed by atoms with Gasteiger partial charge in [0.2, 0.25) is 5.91 Å². The Balaban J connectivity index is 2.63. The van der Waals surface area contributed by atoms with Crippen LogP contribution in [0.4, 0.5) is 4.79 Å². The molecule has 1 fully saturated rings. The Hall–Kier alpha value is -1.34. The maximum atomic E-state index is 12.0. The van der Waals surface area contributed by atoms with Crippen LogP contribution in [0, 0.1) is 0 Å². The van der Waals surface area contributed by atoms with Crippen LogP contribution in [-0.4, -0.2) is 73.3 Å². The number of hydrogen-bond acceptors (Lipinski definition) is 5. The number of nitrogens with two attached hydrogens (primary N) is 1. The van der Waals surface area contributed by atoms with E-state index in [1.807, 2.05) is 20.8 Å². The zero-order valence-corrected chi connectivity index (χ0v) is 12.7. The number of carbonyl (C=O) groups is 2. The van der Waals surface area contributed by atoms with Gasteiger partial charge in [-0.05, 0) is 20.8 Å². The molecule has 1 saturated heterocycles. The van der Waals surface area contributed by atoms with E-state index in [-0.39, 0.29) is 24.6 Å². The molecule has 2 amide bonds. The molecule has 0 spiro atoms. The van der Waals surface area contributed by atoms with Crippen molar-refractivity contribution in [2.24, 2.45) is 5.73 Å². The average Bonchev–Trinajstić information content (AvgIpc) is 2.36. The van der Waals surface area contributed by atoms with Crippen molar-refractivity contribution in [1.82, 2.24) is 9.80 Å². The Bertz CT molecular complexity index is 354. The second-order valence-corrected chi connectivity index (χ2v) is 5.84. The van der Waals surface area contributed by atoms with Gasteiger partial charge in [-0.2, -0.15) is 0 Å². The van der Waals surface area contributed by atoms with Crippen LogP contribution in [0.5, 0.6) is 0 Å². The van der Waals surface area contributed by atoms with Crippen LogP contribution in [0.15, 0.2) is 0 Å². The van der Waals surface area contributed by atoms with Gasteiger partial charge in [0.05, 0.1) is 6.04 Å². The van der Waals surface area contributed by atoms with Gasteiger partial charge in [0.15, 0.2) is 0 Å². The number of methoxy groups -OCH3 is 1. The third-order valence-corrected chi connectivity index (χ3v) is 2.99. The third-order valence-electron chi connectivity index (χ3n) is 2.99. The summed E-state index contributed by atoms with van der Waals surface area (Å²) in [4.78, 5) is 27.2. The SMILES string of the molecule is COCC(=O)N1CCN(C(=O)OC(C)(C)C)CC1CN. The van der Waals surface area contributed by atoms with E-state index in [4.69, 9.17) is 15.2 Å². The minimum absolute atomic E-state index is 0.0307. The van der Waals surface area contributed by atoms with Crippen LogP contribution >= 0.6 is 0 Å². The van der Waals surface area contributed by atoms with Crippen LogP contribution in [0.2, 0.25) is 0 Å². The van der Waals surface area contributed by atoms with Gasteiger partial charge in [-0.1, -0.05) is 0 Å². The van der Waals surface area contributed by atoms with Gasteiger partial charge < -0.3 is 25.0 Å². The second-order valence-electron chi connectivity index (χ2n) is 5.84. The largest absolute Gasteiger partial charge is 0.444 e. The first-order valence-electron chi connectivity index (χ1n) is 6.75. The van der Waals surface area contributed by atoms with E-state index < -0.39 is 5.60 Å². The van der Waals surface area contributed by atoms with Crippen molar-refractivity contribution in [3.8, 4) is 0 Å². The molecule has 0 aromatic rings. The zero-order chi connectivity index (χ0) is 15.3. The Morgan fingerprint density at radius 1 is 1.30 bits per heavy atom. The van der Waals surface area contributed by atoms with Crippen molar-refractivity contribution in [2.75, 3.05) is 39.9 Å². The molecule has 1 atom stereocenters. The predicted molar refractivity (Wildman–Crippen MR) is 74.2 cm³/mol. The Morgan fingerprint density at radius 3 is 2.45 bits per heavy atom. The standard InChI is InChI=1S/C13H25N3O4/c1-13(2,3)20-12(18)15-5-6-16(10(7-14)8-15)11(17)9-19-4/h10H,5-9,14H2,1-4H3. The molecule has 0 aliphatic carbocycles. The van der Waals surface area contributed by atoms with Crippen molar-refractivity contribution < 1.29 is 19.1 Å². The van der Waals surface area contributed by atoms with Gasteiger partial charge in [0.25, 0.3) is 0 Å². The minimum Gasteiger partial charge on any atom is -0.444 e. The van der Waals surface area contributed by atoms with E-state index in [9.17, 15) is 9.59 Å². The maximum absolute atomic E-state index is 12.0. The summed E-state index contributed by atoms with van der Waals surface area (Å²) in [5, 5.41) is 0. The van der Waals surface area contributed by atoms with E-state index in [2.05, 4.69) is 0 Å². The molecule has 1 aliphatic rings. The van der Waals surface area contributed by atoms with Crippen LogP contribution in [-0.2, 0) is 14.3 Å². The molecule has 2 N–H and O–H groups in total. The highest BCUT2D eigenvalue weighted by atomic mass is 16.6. The molecule has 0 saturated carbocycles. The highest BCUT2D eigenvalue weighted by Gasteiger charge is 2.33. The van der Waals surface area contributed by atoms with E-state index in [0.717, 1.165) is 0 Å². The summed E-state index contributed by atoms with van der Waals surface area (Å²) in [6, 6.07) is -0.195. The lowest BCUT2D eigenvalue weighted by atomic mass is 10.1. The van der Waals surface area contributed by atoms with Crippen molar-refractivity contribution in [3.63, 3.8) is 0 Å². The third kappa shape index (κ3) is 4.64. The van der Waals surface area contributed by atoms with E-state index in [1.54, 1.807) is 9.80 Å². The Kier molecular flexibility index (Phi) is 5.76. The van der Waals surface area contributed by atoms with E-state index in [0.29, 0.717) is 26.2 Å². The lowest BCUT2D eigenvalue weighted by Gasteiger charge is -2.41. The first-order valence-corrected chi connectivity index (χ1v) is 6.75. The summed E-state index contributed by atoms with van der Waals surface area (Å²) in [7, 11) is 1.48. The fourth-order valence-corrected chi connectivity index (χ4v) is 2.08. The molecular formula is C13H25N3O4. The zero-order valence-electron chi connectivity index (χ0n) is 12.7. The summed E-state index contributed by atoms with van der Waals surface area (Å²) in [5.41, 5.74) is 5.17. The quantitative estimate of drug-likeness (QED) is 0.792. The fourth-order valence-electron chi connectivity index (χ4n) is 2.08. The molecule has 0 bridgehead atoms. The molecule has 1 rings (SSSR count). The monoisotopic (exact) mass is 287 g/mol. The smallest absolute Gasteiger partial charge is 0.410 e. The normalized spacial score (nSPS) is 19.9. The molecule has 1 heterocycles. The molecule has 1 unspecified atom stereocenters. The molecule has 0 aromatic heterocycles. The van der Waals surface area contributed by atoms with Gasteiger partial charge in [-0.3, -0.25) is 4.79 Å². The van der Waals surface area contributed by atoms with Gasteiger partial charge in [-0.25, -0.2) is 4.79 Å². The molecule has 7 nitrogen and oxygen atoms in total. The Morgan fingerprint density at radius 2 is 1.95 bits per heavy atom. The molecule has 0 radical (unpaired) electrons. The average molecular weight is 287 g/mol. The molecule has 0 aromatic carbocycles. The Labute approximate surface area is 120 Å². The number of ether oxygens (including phenoxy) is 2. The predicted octanol–water partition coefficient (Wildman–Crippen LogP) is 0.0394. The first-order chi connectivity index (χ1) is 9.28. The lowest BCUT2D eigenvalue weighted by molar-refractivity contribution is -0.139. The van der Waals surface area contributed by atoms with Gasteiger partial charge in [0.1, 0.15) is 12.2 Å². The molecule has 116 valence electrons. The van der Waals surface area contributed by atoms with Gasteiger partial charge in [0, 0.05) is 33.3 Å². The number of nitrogens with zero attached hydrogens (tertiary/aromatic N) is 2. The molecule has 7 heteroatoms. The topological polar surface area (TPSA) is 85.1 Å². The fraction of sp³-hybridized carbons (Fsp3) is 0.846. The van der Waals surface area contributed by atoms with E-state index in [1.165, 1.54) is 7.11 Å². The number of piperazine rings is 1. The number of carbonyl (C=O) groups excluding carboxylic acids is 2. The van der Waals surface area contributed by atoms with Crippen molar-refractivity contribution >= 4 is 12.0 Å². The lowest BCUT2D eigenvalue weighted by Crippen LogP contribution is -2.60.